The van der Waals surface area contributed by atoms with Crippen LogP contribution in [-0.2, 0) is 0 Å². The summed E-state index contributed by atoms with van der Waals surface area (Å²) in [6, 6.07) is 4.92. The van der Waals surface area contributed by atoms with Crippen molar-refractivity contribution in [3.63, 3.8) is 0 Å². The van der Waals surface area contributed by atoms with E-state index in [0.717, 1.165) is 83.3 Å². The molecule has 0 amide bonds. The Bertz CT molecular complexity index is 964. The summed E-state index contributed by atoms with van der Waals surface area (Å²) in [6.45, 7) is 58.3. The smallest absolute Gasteiger partial charge is 0.0235 e. The molecule has 7 rings (SSSR count). The number of piperidine rings is 4. The molecule has 0 aromatic rings. The van der Waals surface area contributed by atoms with Gasteiger partial charge in [0.15, 0.2) is 0 Å². The zero-order valence-corrected chi connectivity index (χ0v) is 38.6. The summed E-state index contributed by atoms with van der Waals surface area (Å²) in [5, 5.41) is 0. The van der Waals surface area contributed by atoms with Gasteiger partial charge in [-0.3, -0.25) is 14.7 Å². The molecule has 53 heavy (non-hydrogen) atoms. The van der Waals surface area contributed by atoms with E-state index in [2.05, 4.69) is 181 Å². The molecule has 4 bridgehead atoms. The van der Waals surface area contributed by atoms with Crippen LogP contribution in [0.2, 0.25) is 0 Å². The Morgan fingerprint density at radius 2 is 0.774 bits per heavy atom. The first-order chi connectivity index (χ1) is 22.6. The van der Waals surface area contributed by atoms with Crippen LogP contribution in [-0.4, -0.2) is 68.1 Å². The maximum atomic E-state index is 2.81. The van der Waals surface area contributed by atoms with Crippen molar-refractivity contribution < 1.29 is 0 Å². The van der Waals surface area contributed by atoms with E-state index in [1.54, 1.807) is 0 Å². The minimum atomic E-state index is 0. The van der Waals surface area contributed by atoms with Crippen LogP contribution in [0.25, 0.3) is 0 Å². The monoisotopic (exact) mass is 748 g/mol. The van der Waals surface area contributed by atoms with Gasteiger partial charge < -0.3 is 0 Å². The molecule has 5 heterocycles. The molecule has 2 saturated carbocycles. The number of nitrogens with zero attached hydrogens (tertiary/aromatic N) is 3. The van der Waals surface area contributed by atoms with Crippen molar-refractivity contribution in [2.45, 2.75) is 255 Å². The van der Waals surface area contributed by atoms with E-state index in [9.17, 15) is 0 Å². The first kappa shape index (κ1) is 52.9. The predicted octanol–water partition coefficient (Wildman–Crippen LogP) is 14.3. The molecule has 320 valence electrons. The number of likely N-dealkylation sites (tertiary alicyclic amines) is 1. The van der Waals surface area contributed by atoms with Crippen molar-refractivity contribution in [1.82, 2.24) is 14.7 Å². The highest BCUT2D eigenvalue weighted by Gasteiger charge is 2.69. The van der Waals surface area contributed by atoms with Crippen LogP contribution in [0.4, 0.5) is 0 Å². The number of rotatable bonds is 6. The number of fused-ring (bicyclic) bond motifs is 4. The number of hydrogen-bond donors (Lipinski definition) is 0. The summed E-state index contributed by atoms with van der Waals surface area (Å²) in [7, 11) is 0. The molecule has 12 unspecified atom stereocenters. The quantitative estimate of drug-likeness (QED) is 0.268. The van der Waals surface area contributed by atoms with Crippen LogP contribution in [0.1, 0.15) is 201 Å². The Morgan fingerprint density at radius 3 is 1.04 bits per heavy atom. The van der Waals surface area contributed by atoms with Gasteiger partial charge in [0.2, 0.25) is 0 Å². The van der Waals surface area contributed by atoms with Gasteiger partial charge in [0.1, 0.15) is 0 Å². The minimum absolute atomic E-state index is 0. The fraction of sp³-hybridized carbons (Fsp3) is 1.00. The van der Waals surface area contributed by atoms with Gasteiger partial charge >= 0.3 is 0 Å². The van der Waals surface area contributed by atoms with Gasteiger partial charge in [0.05, 0.1) is 0 Å². The van der Waals surface area contributed by atoms with Gasteiger partial charge in [0, 0.05) is 53.4 Å². The topological polar surface area (TPSA) is 9.72 Å². The summed E-state index contributed by atoms with van der Waals surface area (Å²) >= 11 is 0. The highest BCUT2D eigenvalue weighted by molar-refractivity contribution is 5.22. The molecule has 0 N–H and O–H groups in total. The molecule has 3 nitrogen and oxygen atoms in total. The highest BCUT2D eigenvalue weighted by atomic mass is 15.4. The lowest BCUT2D eigenvalue weighted by Crippen LogP contribution is -2.82. The lowest BCUT2D eigenvalue weighted by molar-refractivity contribution is -0.262. The summed E-state index contributed by atoms with van der Waals surface area (Å²) in [5.74, 6) is 8.37. The molecular weight excluding hydrogens is 643 g/mol. The lowest BCUT2D eigenvalue weighted by Gasteiger charge is -2.76. The van der Waals surface area contributed by atoms with Crippen molar-refractivity contribution in [3.8, 4) is 0 Å². The van der Waals surface area contributed by atoms with Gasteiger partial charge in [-0.25, -0.2) is 0 Å². The molecule has 0 aromatic heterocycles. The van der Waals surface area contributed by atoms with Crippen molar-refractivity contribution in [3.05, 3.63) is 0 Å². The third-order valence-electron chi connectivity index (χ3n) is 17.5. The van der Waals surface area contributed by atoms with Crippen LogP contribution in [0, 0.1) is 70.0 Å². The molecule has 5 aliphatic heterocycles. The van der Waals surface area contributed by atoms with E-state index < -0.39 is 0 Å². The van der Waals surface area contributed by atoms with Crippen molar-refractivity contribution >= 4 is 0 Å². The van der Waals surface area contributed by atoms with E-state index in [1.807, 2.05) is 0 Å². The average Bonchev–Trinajstić information content (AvgIpc) is 2.93. The first-order valence-electron chi connectivity index (χ1n) is 21.9. The zero-order valence-electron chi connectivity index (χ0n) is 38.6. The molecule has 2 aliphatic carbocycles. The Kier molecular flexibility index (Phi) is 18.2. The van der Waals surface area contributed by atoms with Crippen LogP contribution in [0.5, 0.6) is 0 Å². The molecular formula is C50H105N3. The van der Waals surface area contributed by atoms with Gasteiger partial charge in [-0.15, -0.1) is 0 Å². The Balaban J connectivity index is 0.000000745. The normalized spacial score (nSPS) is 45.3. The van der Waals surface area contributed by atoms with Crippen LogP contribution < -0.4 is 0 Å². The van der Waals surface area contributed by atoms with E-state index in [4.69, 9.17) is 0 Å². The second-order valence-corrected chi connectivity index (χ2v) is 22.1. The Hall–Kier alpha value is -0.120. The third kappa shape index (κ3) is 8.41. The van der Waals surface area contributed by atoms with E-state index in [-0.39, 0.29) is 22.3 Å². The molecule has 3 heteroatoms. The fourth-order valence-electron chi connectivity index (χ4n) is 15.8. The molecule has 5 saturated heterocycles. The van der Waals surface area contributed by atoms with Crippen LogP contribution in [0.15, 0.2) is 0 Å². The summed E-state index contributed by atoms with van der Waals surface area (Å²) in [6.07, 6.45) is 2.82. The van der Waals surface area contributed by atoms with Crippen molar-refractivity contribution in [1.29, 1.82) is 0 Å². The Labute approximate surface area is 338 Å². The predicted molar refractivity (Wildman–Crippen MR) is 243 cm³/mol. The molecule has 7 fully saturated rings. The second kappa shape index (κ2) is 18.2. The lowest BCUT2D eigenvalue weighted by atomic mass is 9.37. The molecule has 0 spiro atoms. The van der Waals surface area contributed by atoms with E-state index >= 15 is 0 Å². The van der Waals surface area contributed by atoms with Gasteiger partial charge in [-0.05, 0) is 166 Å². The summed E-state index contributed by atoms with van der Waals surface area (Å²) < 4.78 is 0. The third-order valence-corrected chi connectivity index (χ3v) is 17.5. The minimum Gasteiger partial charge on any atom is -0.295 e. The molecule has 0 aromatic carbocycles. The van der Waals surface area contributed by atoms with Gasteiger partial charge in [-0.2, -0.15) is 0 Å². The standard InChI is InChI=1S/2C16H31N.C15H31N.3CH4/c1-10(2)14-15(7)9-16(14,8)13(6)17(11(3)4)12(15)5;1-10(2)14-12(5)15(7)9-16(8,13(14)6)17(15)11(3)4;1-9(2)15-11(5)13(7)16(10(3)4)14(8)12(15)6;;;/h2*10-14H,9H2,1-8H3;9-15H,1-8H3;3*1H4. The largest absolute Gasteiger partial charge is 0.295 e. The fourth-order valence-corrected chi connectivity index (χ4v) is 15.8. The Morgan fingerprint density at radius 1 is 0.434 bits per heavy atom. The van der Waals surface area contributed by atoms with Crippen molar-refractivity contribution in [2.75, 3.05) is 0 Å². The van der Waals surface area contributed by atoms with Crippen LogP contribution >= 0.6 is 0 Å². The zero-order chi connectivity index (χ0) is 39.0. The second-order valence-electron chi connectivity index (χ2n) is 22.1. The highest BCUT2D eigenvalue weighted by Crippen LogP contribution is 2.70. The SMILES string of the molecule is C.C.C.CC(C)C1C(C)C(C)N(C(C)C)C(C)C1C.CC(C)C1C(C)C2(C)CC(C)(C1C)N2C(C)C.CC(C)C1C2(C)CC1(C)C(C)N(C(C)C)C2C. The van der Waals surface area contributed by atoms with E-state index in [0.29, 0.717) is 40.0 Å². The maximum absolute atomic E-state index is 2.81. The average molecular weight is 748 g/mol. The van der Waals surface area contributed by atoms with Crippen LogP contribution in [0.3, 0.4) is 0 Å². The van der Waals surface area contributed by atoms with Gasteiger partial charge in [-0.1, -0.05) is 105 Å². The summed E-state index contributed by atoms with van der Waals surface area (Å²) in [5.41, 5.74) is 1.98. The number of hydrogen-bond acceptors (Lipinski definition) is 3. The molecule has 0 radical (unpaired) electrons. The van der Waals surface area contributed by atoms with Gasteiger partial charge in [0.25, 0.3) is 0 Å². The summed E-state index contributed by atoms with van der Waals surface area (Å²) in [4.78, 5) is 8.30. The van der Waals surface area contributed by atoms with Crippen molar-refractivity contribution in [2.24, 2.45) is 70.0 Å². The van der Waals surface area contributed by atoms with E-state index in [1.165, 1.54) is 12.8 Å². The maximum Gasteiger partial charge on any atom is 0.0235 e. The molecule has 12 atom stereocenters. The molecule has 7 aliphatic rings. The first-order valence-corrected chi connectivity index (χ1v) is 21.9.